The highest BCUT2D eigenvalue weighted by molar-refractivity contribution is 9.11. The van der Waals surface area contributed by atoms with E-state index in [-0.39, 0.29) is 14.9 Å². The fourth-order valence-corrected chi connectivity index (χ4v) is 4.48. The molecule has 0 aliphatic carbocycles. The van der Waals surface area contributed by atoms with Crippen molar-refractivity contribution in [2.75, 3.05) is 5.75 Å². The summed E-state index contributed by atoms with van der Waals surface area (Å²) in [6.45, 7) is 0. The summed E-state index contributed by atoms with van der Waals surface area (Å²) >= 11 is 15.9. The van der Waals surface area contributed by atoms with Gasteiger partial charge in [0.2, 0.25) is 0 Å². The summed E-state index contributed by atoms with van der Waals surface area (Å²) in [5.41, 5.74) is 0. The third kappa shape index (κ3) is 3.62. The number of hydrogen-bond acceptors (Lipinski definition) is 4. The van der Waals surface area contributed by atoms with Crippen LogP contribution in [-0.4, -0.2) is 20.0 Å². The molecule has 0 radical (unpaired) electrons. The summed E-state index contributed by atoms with van der Waals surface area (Å²) in [7, 11) is -3.74. The van der Waals surface area contributed by atoms with E-state index in [1.165, 1.54) is 29.5 Å². The number of hydrogen-bond donors (Lipinski definition) is 0. The number of rotatable bonds is 4. The Hall–Kier alpha value is -0.400. The molecule has 8 heteroatoms. The van der Waals surface area contributed by atoms with Crippen molar-refractivity contribution in [2.24, 2.45) is 0 Å². The van der Waals surface area contributed by atoms with Gasteiger partial charge < -0.3 is 0 Å². The summed E-state index contributed by atoms with van der Waals surface area (Å²) in [5.74, 6) is -1.05. The van der Waals surface area contributed by atoms with Gasteiger partial charge >= 0.3 is 0 Å². The van der Waals surface area contributed by atoms with Crippen molar-refractivity contribution in [1.29, 1.82) is 0 Å². The Morgan fingerprint density at radius 1 is 1.15 bits per heavy atom. The zero-order valence-corrected chi connectivity index (χ0v) is 14.5. The van der Waals surface area contributed by atoms with E-state index in [1.807, 2.05) is 0 Å². The standard InChI is InChI=1S/C12H7BrCl2O3S2/c13-12-4-3-11(19-12)10(16)6-20(17,18)7-1-2-8(14)9(15)5-7/h1-5H,6H2. The number of thiophene rings is 1. The van der Waals surface area contributed by atoms with Crippen LogP contribution >= 0.6 is 50.5 Å². The summed E-state index contributed by atoms with van der Waals surface area (Å²) in [4.78, 5) is 12.3. The van der Waals surface area contributed by atoms with Crippen LogP contribution in [0.25, 0.3) is 0 Å². The summed E-state index contributed by atoms with van der Waals surface area (Å²) < 4.78 is 25.1. The second-order valence-corrected chi connectivity index (χ2v) is 9.13. The van der Waals surface area contributed by atoms with Gasteiger partial charge in [-0.3, -0.25) is 4.79 Å². The van der Waals surface area contributed by atoms with Crippen LogP contribution in [0.3, 0.4) is 0 Å². The second kappa shape index (κ2) is 6.15. The van der Waals surface area contributed by atoms with Crippen molar-refractivity contribution < 1.29 is 13.2 Å². The van der Waals surface area contributed by atoms with E-state index in [4.69, 9.17) is 23.2 Å². The third-order valence-corrected chi connectivity index (χ3v) is 6.44. The molecule has 2 aromatic rings. The lowest BCUT2D eigenvalue weighted by molar-refractivity contribution is 0.102. The molecule has 0 aliphatic heterocycles. The van der Waals surface area contributed by atoms with Crippen molar-refractivity contribution in [3.63, 3.8) is 0 Å². The second-order valence-electron chi connectivity index (χ2n) is 3.86. The zero-order chi connectivity index (χ0) is 14.9. The Balaban J connectivity index is 2.27. The molecule has 0 unspecified atom stereocenters. The fraction of sp³-hybridized carbons (Fsp3) is 0.0833. The Kier molecular flexibility index (Phi) is 4.92. The SMILES string of the molecule is O=C(CS(=O)(=O)c1ccc(Cl)c(Cl)c1)c1ccc(Br)s1. The van der Waals surface area contributed by atoms with Gasteiger partial charge in [0.1, 0.15) is 5.75 Å². The van der Waals surface area contributed by atoms with Crippen molar-refractivity contribution in [3.05, 3.63) is 49.0 Å². The lowest BCUT2D eigenvalue weighted by Gasteiger charge is -2.04. The van der Waals surface area contributed by atoms with Gasteiger partial charge in [-0.1, -0.05) is 23.2 Å². The summed E-state index contributed by atoms with van der Waals surface area (Å²) in [6.07, 6.45) is 0. The molecule has 0 spiro atoms. The highest BCUT2D eigenvalue weighted by atomic mass is 79.9. The van der Waals surface area contributed by atoms with Gasteiger partial charge in [0.05, 0.1) is 23.6 Å². The predicted octanol–water partition coefficient (Wildman–Crippen LogP) is 4.47. The minimum absolute atomic E-state index is 0.0177. The molecule has 3 nitrogen and oxygen atoms in total. The number of Topliss-reactive ketones (excluding diaryl/α,β-unsaturated/α-hetero) is 1. The van der Waals surface area contributed by atoms with Gasteiger partial charge in [-0.15, -0.1) is 11.3 Å². The Bertz CT molecular complexity index is 769. The van der Waals surface area contributed by atoms with Crippen molar-refractivity contribution in [2.45, 2.75) is 4.90 Å². The Morgan fingerprint density at radius 3 is 2.40 bits per heavy atom. The lowest BCUT2D eigenvalue weighted by atomic mass is 10.3. The van der Waals surface area contributed by atoms with E-state index < -0.39 is 21.4 Å². The zero-order valence-electron chi connectivity index (χ0n) is 9.77. The van der Waals surface area contributed by atoms with Crippen LogP contribution in [0.4, 0.5) is 0 Å². The molecule has 1 heterocycles. The first-order chi connectivity index (χ1) is 9.29. The highest BCUT2D eigenvalue weighted by Crippen LogP contribution is 2.27. The normalized spacial score (nSPS) is 11.6. The molecule has 1 aromatic carbocycles. The first-order valence-electron chi connectivity index (χ1n) is 5.26. The highest BCUT2D eigenvalue weighted by Gasteiger charge is 2.22. The van der Waals surface area contributed by atoms with Crippen LogP contribution in [0.5, 0.6) is 0 Å². The Labute approximate surface area is 138 Å². The smallest absolute Gasteiger partial charge is 0.188 e. The average molecular weight is 414 g/mol. The molecule has 0 saturated carbocycles. The number of carbonyl (C=O) groups is 1. The van der Waals surface area contributed by atoms with Gasteiger partial charge in [0.25, 0.3) is 0 Å². The van der Waals surface area contributed by atoms with E-state index in [9.17, 15) is 13.2 Å². The lowest BCUT2D eigenvalue weighted by Crippen LogP contribution is -2.15. The number of carbonyl (C=O) groups excluding carboxylic acids is 1. The molecule has 106 valence electrons. The van der Waals surface area contributed by atoms with Crippen LogP contribution in [0, 0.1) is 0 Å². The van der Waals surface area contributed by atoms with Crippen LogP contribution < -0.4 is 0 Å². The molecule has 0 N–H and O–H groups in total. The number of sulfone groups is 1. The number of benzene rings is 1. The van der Waals surface area contributed by atoms with Crippen LogP contribution in [-0.2, 0) is 9.84 Å². The maximum Gasteiger partial charge on any atom is 0.188 e. The first-order valence-corrected chi connectivity index (χ1v) is 9.28. The summed E-state index contributed by atoms with van der Waals surface area (Å²) in [6, 6.07) is 7.26. The predicted molar refractivity (Wildman–Crippen MR) is 84.9 cm³/mol. The van der Waals surface area contributed by atoms with Gasteiger partial charge in [-0.05, 0) is 46.3 Å². The third-order valence-electron chi connectivity index (χ3n) is 2.42. The van der Waals surface area contributed by atoms with E-state index in [1.54, 1.807) is 12.1 Å². The largest absolute Gasteiger partial charge is 0.292 e. The molecule has 0 bridgehead atoms. The minimum Gasteiger partial charge on any atom is -0.292 e. The molecular formula is C12H7BrCl2O3S2. The van der Waals surface area contributed by atoms with E-state index in [2.05, 4.69) is 15.9 Å². The maximum absolute atomic E-state index is 12.2. The van der Waals surface area contributed by atoms with Crippen LogP contribution in [0.2, 0.25) is 10.0 Å². The number of halogens is 3. The van der Waals surface area contributed by atoms with E-state index in [0.717, 1.165) is 3.79 Å². The molecule has 0 fully saturated rings. The molecule has 0 amide bonds. The molecule has 0 saturated heterocycles. The Morgan fingerprint density at radius 2 is 1.85 bits per heavy atom. The number of ketones is 1. The molecule has 0 aliphatic rings. The van der Waals surface area contributed by atoms with E-state index >= 15 is 0 Å². The molecule has 2 rings (SSSR count). The summed E-state index contributed by atoms with van der Waals surface area (Å²) in [5, 5.41) is 0.401. The van der Waals surface area contributed by atoms with Crippen molar-refractivity contribution in [3.8, 4) is 0 Å². The monoisotopic (exact) mass is 412 g/mol. The van der Waals surface area contributed by atoms with Gasteiger partial charge in [0.15, 0.2) is 15.6 Å². The van der Waals surface area contributed by atoms with Crippen molar-refractivity contribution in [1.82, 2.24) is 0 Å². The molecule has 20 heavy (non-hydrogen) atoms. The van der Waals surface area contributed by atoms with Gasteiger partial charge in [-0.2, -0.15) is 0 Å². The quantitative estimate of drug-likeness (QED) is 0.694. The molecule has 1 aromatic heterocycles. The van der Waals surface area contributed by atoms with Crippen LogP contribution in [0.15, 0.2) is 39.0 Å². The minimum atomic E-state index is -3.74. The van der Waals surface area contributed by atoms with Gasteiger partial charge in [-0.25, -0.2) is 8.42 Å². The molecule has 0 atom stereocenters. The van der Waals surface area contributed by atoms with Crippen molar-refractivity contribution >= 4 is 66.1 Å². The topological polar surface area (TPSA) is 51.2 Å². The first kappa shape index (κ1) is 16.0. The van der Waals surface area contributed by atoms with E-state index in [0.29, 0.717) is 4.88 Å². The van der Waals surface area contributed by atoms with Gasteiger partial charge in [0, 0.05) is 0 Å². The average Bonchev–Trinajstić information content (AvgIpc) is 2.79. The van der Waals surface area contributed by atoms with Crippen LogP contribution in [0.1, 0.15) is 9.67 Å². The molecular weight excluding hydrogens is 407 g/mol. The maximum atomic E-state index is 12.2. The fourth-order valence-electron chi connectivity index (χ4n) is 1.46.